The Hall–Kier alpha value is -3.12. The zero-order valence-corrected chi connectivity index (χ0v) is 16.7. The third-order valence-corrected chi connectivity index (χ3v) is 5.29. The summed E-state index contributed by atoms with van der Waals surface area (Å²) < 4.78 is 6.98. The first-order valence-corrected chi connectivity index (χ1v) is 9.97. The summed E-state index contributed by atoms with van der Waals surface area (Å²) in [6.45, 7) is 4.24. The lowest BCUT2D eigenvalue weighted by Crippen LogP contribution is -2.35. The highest BCUT2D eigenvalue weighted by Gasteiger charge is 2.21. The monoisotopic (exact) mass is 390 g/mol. The first-order chi connectivity index (χ1) is 14.2. The van der Waals surface area contributed by atoms with Gasteiger partial charge in [0.05, 0.1) is 24.6 Å². The average Bonchev–Trinajstić information content (AvgIpc) is 3.15. The Kier molecular flexibility index (Phi) is 5.91. The lowest BCUT2D eigenvalue weighted by Gasteiger charge is -2.21. The highest BCUT2D eigenvalue weighted by Crippen LogP contribution is 2.16. The van der Waals surface area contributed by atoms with Crippen LogP contribution in [-0.4, -0.2) is 58.8 Å². The fourth-order valence-electron chi connectivity index (χ4n) is 3.66. The van der Waals surface area contributed by atoms with Crippen LogP contribution < -0.4 is 4.74 Å². The number of carbonyl (C=O) groups is 1. The normalized spacial score (nSPS) is 15.1. The van der Waals surface area contributed by atoms with Crippen LogP contribution in [0.25, 0.3) is 5.69 Å². The van der Waals surface area contributed by atoms with E-state index in [1.165, 1.54) is 5.56 Å². The van der Waals surface area contributed by atoms with Crippen LogP contribution in [0.3, 0.4) is 0 Å². The Labute approximate surface area is 171 Å². The summed E-state index contributed by atoms with van der Waals surface area (Å²) in [5.74, 6) is 0.927. The molecule has 1 aliphatic rings. The third-order valence-electron chi connectivity index (χ3n) is 5.29. The zero-order valence-electron chi connectivity index (χ0n) is 16.7. The molecule has 6 heteroatoms. The number of ether oxygens (including phenoxy) is 1. The van der Waals surface area contributed by atoms with E-state index in [0.717, 1.165) is 50.6 Å². The van der Waals surface area contributed by atoms with Crippen molar-refractivity contribution in [2.75, 3.05) is 33.3 Å². The van der Waals surface area contributed by atoms with Crippen LogP contribution >= 0.6 is 0 Å². The van der Waals surface area contributed by atoms with Crippen molar-refractivity contribution < 1.29 is 9.53 Å². The molecule has 0 radical (unpaired) electrons. The molecule has 6 nitrogen and oxygen atoms in total. The summed E-state index contributed by atoms with van der Waals surface area (Å²) >= 11 is 0. The number of hydrogen-bond donors (Lipinski definition) is 0. The molecule has 1 amide bonds. The van der Waals surface area contributed by atoms with Crippen LogP contribution in [0.5, 0.6) is 5.75 Å². The maximum absolute atomic E-state index is 13.0. The molecule has 3 aromatic rings. The zero-order chi connectivity index (χ0) is 20.1. The van der Waals surface area contributed by atoms with Gasteiger partial charge in [-0.05, 0) is 36.2 Å². The molecule has 0 spiro atoms. The molecular weight excluding hydrogens is 364 g/mol. The molecule has 150 valence electrons. The summed E-state index contributed by atoms with van der Waals surface area (Å²) in [4.78, 5) is 17.3. The summed E-state index contributed by atoms with van der Waals surface area (Å²) in [7, 11) is 1.68. The second-order valence-corrected chi connectivity index (χ2v) is 7.28. The number of hydrogen-bond acceptors (Lipinski definition) is 4. The molecule has 0 saturated carbocycles. The standard InChI is InChI=1S/C23H26N4O2/c1-29-22-10-8-19(9-11-22)17-25-12-5-13-26(15-14-25)23(28)20-16-24-27(18-20)21-6-3-2-4-7-21/h2-4,6-11,16,18H,5,12-15,17H2,1H3. The van der Waals surface area contributed by atoms with Gasteiger partial charge < -0.3 is 9.64 Å². The highest BCUT2D eigenvalue weighted by atomic mass is 16.5. The molecule has 2 aromatic carbocycles. The van der Waals surface area contributed by atoms with Gasteiger partial charge in [-0.25, -0.2) is 4.68 Å². The van der Waals surface area contributed by atoms with Gasteiger partial charge in [-0.1, -0.05) is 30.3 Å². The lowest BCUT2D eigenvalue weighted by molar-refractivity contribution is 0.0761. The molecule has 0 aliphatic carbocycles. The number of para-hydroxylation sites is 1. The van der Waals surface area contributed by atoms with Gasteiger partial charge in [0, 0.05) is 38.9 Å². The highest BCUT2D eigenvalue weighted by molar-refractivity contribution is 5.93. The number of aromatic nitrogens is 2. The Bertz CT molecular complexity index is 937. The van der Waals surface area contributed by atoms with E-state index >= 15 is 0 Å². The number of methoxy groups -OCH3 is 1. The minimum Gasteiger partial charge on any atom is -0.497 e. The Morgan fingerprint density at radius 3 is 2.55 bits per heavy atom. The van der Waals surface area contributed by atoms with Crippen LogP contribution in [0.15, 0.2) is 67.0 Å². The van der Waals surface area contributed by atoms with Gasteiger partial charge in [0.2, 0.25) is 0 Å². The van der Waals surface area contributed by atoms with E-state index in [4.69, 9.17) is 4.74 Å². The second kappa shape index (κ2) is 8.92. The van der Waals surface area contributed by atoms with Gasteiger partial charge in [0.15, 0.2) is 0 Å². The van der Waals surface area contributed by atoms with Gasteiger partial charge >= 0.3 is 0 Å². The van der Waals surface area contributed by atoms with Crippen molar-refractivity contribution in [2.45, 2.75) is 13.0 Å². The van der Waals surface area contributed by atoms with E-state index in [2.05, 4.69) is 22.1 Å². The van der Waals surface area contributed by atoms with Crippen molar-refractivity contribution in [3.05, 3.63) is 78.1 Å². The molecule has 0 atom stereocenters. The second-order valence-electron chi connectivity index (χ2n) is 7.28. The van der Waals surface area contributed by atoms with E-state index in [0.29, 0.717) is 5.56 Å². The van der Waals surface area contributed by atoms with Crippen LogP contribution in [0.2, 0.25) is 0 Å². The topological polar surface area (TPSA) is 50.6 Å². The number of carbonyl (C=O) groups excluding carboxylic acids is 1. The van der Waals surface area contributed by atoms with Crippen molar-refractivity contribution in [3.8, 4) is 11.4 Å². The maximum Gasteiger partial charge on any atom is 0.257 e. The Balaban J connectivity index is 1.36. The average molecular weight is 390 g/mol. The summed E-state index contributed by atoms with van der Waals surface area (Å²) in [6.07, 6.45) is 4.45. The molecule has 0 bridgehead atoms. The predicted octanol–water partition coefficient (Wildman–Crippen LogP) is 3.23. The van der Waals surface area contributed by atoms with Gasteiger partial charge in [-0.2, -0.15) is 5.10 Å². The Morgan fingerprint density at radius 1 is 1.00 bits per heavy atom. The van der Waals surface area contributed by atoms with Crippen LogP contribution in [0.1, 0.15) is 22.3 Å². The van der Waals surface area contributed by atoms with Gasteiger partial charge in [-0.15, -0.1) is 0 Å². The number of rotatable bonds is 5. The smallest absolute Gasteiger partial charge is 0.257 e. The van der Waals surface area contributed by atoms with Crippen molar-refractivity contribution >= 4 is 5.91 Å². The van der Waals surface area contributed by atoms with Gasteiger partial charge in [-0.3, -0.25) is 9.69 Å². The van der Waals surface area contributed by atoms with Crippen LogP contribution in [0.4, 0.5) is 0 Å². The minimum atomic E-state index is 0.0541. The first kappa shape index (κ1) is 19.2. The fraction of sp³-hybridized carbons (Fsp3) is 0.304. The van der Waals surface area contributed by atoms with Crippen molar-refractivity contribution in [3.63, 3.8) is 0 Å². The van der Waals surface area contributed by atoms with Crippen molar-refractivity contribution in [1.29, 1.82) is 0 Å². The van der Waals surface area contributed by atoms with E-state index < -0.39 is 0 Å². The molecule has 1 aromatic heterocycles. The molecule has 1 aliphatic heterocycles. The molecule has 1 saturated heterocycles. The van der Waals surface area contributed by atoms with Gasteiger partial charge in [0.25, 0.3) is 5.91 Å². The molecule has 29 heavy (non-hydrogen) atoms. The predicted molar refractivity (Wildman–Crippen MR) is 112 cm³/mol. The molecule has 1 fully saturated rings. The number of nitrogens with zero attached hydrogens (tertiary/aromatic N) is 4. The Morgan fingerprint density at radius 2 is 1.79 bits per heavy atom. The lowest BCUT2D eigenvalue weighted by atomic mass is 10.2. The summed E-state index contributed by atoms with van der Waals surface area (Å²) in [5.41, 5.74) is 2.85. The summed E-state index contributed by atoms with van der Waals surface area (Å²) in [5, 5.41) is 4.36. The molecule has 0 N–H and O–H groups in total. The van der Waals surface area contributed by atoms with Gasteiger partial charge in [0.1, 0.15) is 5.75 Å². The molecule has 0 unspecified atom stereocenters. The molecular formula is C23H26N4O2. The van der Waals surface area contributed by atoms with Crippen molar-refractivity contribution in [2.24, 2.45) is 0 Å². The number of benzene rings is 2. The largest absolute Gasteiger partial charge is 0.497 e. The van der Waals surface area contributed by atoms with E-state index in [-0.39, 0.29) is 5.91 Å². The van der Waals surface area contributed by atoms with E-state index in [1.807, 2.05) is 53.6 Å². The van der Waals surface area contributed by atoms with E-state index in [1.54, 1.807) is 18.0 Å². The maximum atomic E-state index is 13.0. The molecule has 4 rings (SSSR count). The fourth-order valence-corrected chi connectivity index (χ4v) is 3.66. The molecule has 2 heterocycles. The van der Waals surface area contributed by atoms with E-state index in [9.17, 15) is 4.79 Å². The quantitative estimate of drug-likeness (QED) is 0.671. The van der Waals surface area contributed by atoms with Crippen LogP contribution in [0, 0.1) is 0 Å². The third kappa shape index (κ3) is 4.66. The summed E-state index contributed by atoms with van der Waals surface area (Å²) in [6, 6.07) is 18.0. The minimum absolute atomic E-state index is 0.0541. The number of amides is 1. The van der Waals surface area contributed by atoms with Crippen molar-refractivity contribution in [1.82, 2.24) is 19.6 Å². The SMILES string of the molecule is COc1ccc(CN2CCCN(C(=O)c3cnn(-c4ccccc4)c3)CC2)cc1. The van der Waals surface area contributed by atoms with Crippen LogP contribution in [-0.2, 0) is 6.54 Å². The first-order valence-electron chi connectivity index (χ1n) is 9.97.